The van der Waals surface area contributed by atoms with Gasteiger partial charge in [0, 0.05) is 59.3 Å². The third kappa shape index (κ3) is 8.56. The third-order valence-corrected chi connectivity index (χ3v) is 10.6. The minimum absolute atomic E-state index is 0.0431. The van der Waals surface area contributed by atoms with Crippen molar-refractivity contribution in [3.63, 3.8) is 0 Å². The molecule has 2 unspecified atom stereocenters. The predicted molar refractivity (Wildman–Crippen MR) is 191 cm³/mol. The molecule has 4 heterocycles. The topological polar surface area (TPSA) is 110 Å². The molecule has 6 rings (SSSR count). The lowest BCUT2D eigenvalue weighted by Crippen LogP contribution is -2.59. The number of nitrogens with zero attached hydrogens (tertiary/aromatic N) is 6. The molecule has 3 aromatic rings. The molecule has 3 saturated heterocycles. The van der Waals surface area contributed by atoms with Crippen LogP contribution in [0.25, 0.3) is 11.0 Å². The van der Waals surface area contributed by atoms with Crippen LogP contribution in [0.15, 0.2) is 47.3 Å². The van der Waals surface area contributed by atoms with Gasteiger partial charge in [-0.2, -0.15) is 13.2 Å². The summed E-state index contributed by atoms with van der Waals surface area (Å²) in [5.41, 5.74) is 1.56. The number of rotatable bonds is 8. The van der Waals surface area contributed by atoms with Crippen molar-refractivity contribution in [1.82, 2.24) is 28.7 Å². The zero-order valence-electron chi connectivity index (χ0n) is 31.0. The van der Waals surface area contributed by atoms with Crippen molar-refractivity contribution < 1.29 is 37.0 Å². The zero-order chi connectivity index (χ0) is 38.2. The molecule has 2 aromatic carbocycles. The summed E-state index contributed by atoms with van der Waals surface area (Å²) in [5.74, 6) is -0.0714. The van der Waals surface area contributed by atoms with E-state index in [2.05, 4.69) is 0 Å². The van der Waals surface area contributed by atoms with Crippen LogP contribution in [0.4, 0.5) is 18.0 Å². The predicted octanol–water partition coefficient (Wildman–Crippen LogP) is 4.93. The molecule has 0 bridgehead atoms. The quantitative estimate of drug-likeness (QED) is 0.299. The summed E-state index contributed by atoms with van der Waals surface area (Å²) in [4.78, 5) is 58.8. The maximum atomic E-state index is 14.5. The number of ether oxygens (including phenoxy) is 2. The normalized spacial score (nSPS) is 21.4. The van der Waals surface area contributed by atoms with Crippen LogP contribution in [0.3, 0.4) is 0 Å². The van der Waals surface area contributed by atoms with Gasteiger partial charge in [-0.05, 0) is 81.3 Å². The molecular formula is C38H49F3N6O6. The Balaban J connectivity index is 1.12. The highest BCUT2D eigenvalue weighted by Crippen LogP contribution is 2.32. The van der Waals surface area contributed by atoms with E-state index in [9.17, 15) is 32.3 Å². The monoisotopic (exact) mass is 742 g/mol. The van der Waals surface area contributed by atoms with Gasteiger partial charge in [0.2, 0.25) is 5.91 Å². The van der Waals surface area contributed by atoms with E-state index in [0.717, 1.165) is 11.1 Å². The Bertz CT molecular complexity index is 1880. The Hall–Kier alpha value is -4.37. The molecule has 2 atom stereocenters. The van der Waals surface area contributed by atoms with E-state index in [-0.39, 0.29) is 56.9 Å². The molecule has 12 nitrogen and oxygen atoms in total. The number of likely N-dealkylation sites (tertiary alicyclic amines) is 2. The second kappa shape index (κ2) is 15.2. The minimum Gasteiger partial charge on any atom is -0.497 e. The van der Waals surface area contributed by atoms with E-state index in [4.69, 9.17) is 9.47 Å². The Kier molecular flexibility index (Phi) is 11.0. The highest BCUT2D eigenvalue weighted by molar-refractivity contribution is 6.00. The third-order valence-electron chi connectivity index (χ3n) is 10.6. The van der Waals surface area contributed by atoms with Gasteiger partial charge in [-0.25, -0.2) is 9.59 Å². The lowest BCUT2D eigenvalue weighted by atomic mass is 9.95. The first-order valence-corrected chi connectivity index (χ1v) is 18.2. The molecule has 3 fully saturated rings. The van der Waals surface area contributed by atoms with E-state index in [1.807, 2.05) is 0 Å². The molecule has 0 spiro atoms. The smallest absolute Gasteiger partial charge is 0.410 e. The SMILES string of the molecule is COc1ccc(CN2C(=O)CCC(n3c(=O)n(C)c4cc(CN5CCN(CC6CCN(C(=O)OC(C)(C)C)CC6)C(C(F)(F)F)C5)ccc43)C2=O)cc1. The molecule has 0 saturated carbocycles. The number of alkyl halides is 3. The number of hydrogen-bond donors (Lipinski definition) is 0. The summed E-state index contributed by atoms with van der Waals surface area (Å²) >= 11 is 0. The molecule has 1 aromatic heterocycles. The van der Waals surface area contributed by atoms with Crippen molar-refractivity contribution in [3.05, 3.63) is 64.1 Å². The minimum atomic E-state index is -4.42. The van der Waals surface area contributed by atoms with Crippen molar-refractivity contribution in [2.45, 2.75) is 83.4 Å². The summed E-state index contributed by atoms with van der Waals surface area (Å²) in [7, 11) is 3.16. The number of imide groups is 1. The number of hydrogen-bond acceptors (Lipinski definition) is 8. The van der Waals surface area contributed by atoms with E-state index in [1.54, 1.807) is 92.1 Å². The van der Waals surface area contributed by atoms with Crippen LogP contribution in [0, 0.1) is 5.92 Å². The highest BCUT2D eigenvalue weighted by atomic mass is 19.4. The van der Waals surface area contributed by atoms with Crippen LogP contribution >= 0.6 is 0 Å². The molecule has 3 amide bonds. The number of amides is 3. The van der Waals surface area contributed by atoms with Crippen LogP contribution in [0.2, 0.25) is 0 Å². The average molecular weight is 743 g/mol. The maximum absolute atomic E-state index is 14.5. The number of carbonyl (C=O) groups excluding carboxylic acids is 3. The highest BCUT2D eigenvalue weighted by Gasteiger charge is 2.47. The largest absolute Gasteiger partial charge is 0.497 e. The number of halogens is 3. The maximum Gasteiger partial charge on any atom is 0.410 e. The fourth-order valence-corrected chi connectivity index (χ4v) is 7.71. The van der Waals surface area contributed by atoms with Gasteiger partial charge in [0.15, 0.2) is 0 Å². The van der Waals surface area contributed by atoms with Crippen LogP contribution in [-0.4, -0.2) is 111 Å². The summed E-state index contributed by atoms with van der Waals surface area (Å²) in [6.07, 6.45) is -3.29. The van der Waals surface area contributed by atoms with E-state index < -0.39 is 35.5 Å². The number of imidazole rings is 1. The summed E-state index contributed by atoms with van der Waals surface area (Å²) in [6, 6.07) is 9.90. The van der Waals surface area contributed by atoms with Gasteiger partial charge in [0.1, 0.15) is 23.4 Å². The molecule has 288 valence electrons. The van der Waals surface area contributed by atoms with Gasteiger partial charge in [0.25, 0.3) is 5.91 Å². The standard InChI is InChI=1S/C38H49F3N6O6/c1-37(2,3)53-36(51)44-16-14-26(15-17-44)22-45-19-18-43(24-32(45)38(39,40)41)21-27-8-11-29-31(20-27)42(4)35(50)47(29)30-12-13-33(48)46(34(30)49)23-25-6-9-28(52-5)10-7-25/h6-11,20,26,30,32H,12-19,21-24H2,1-5H3. The van der Waals surface area contributed by atoms with Crippen molar-refractivity contribution >= 4 is 28.9 Å². The van der Waals surface area contributed by atoms with E-state index in [0.29, 0.717) is 55.8 Å². The number of carbonyl (C=O) groups is 3. The fourth-order valence-electron chi connectivity index (χ4n) is 7.71. The van der Waals surface area contributed by atoms with Gasteiger partial charge in [0.05, 0.1) is 24.7 Å². The molecule has 3 aliphatic heterocycles. The number of benzene rings is 2. The summed E-state index contributed by atoms with van der Waals surface area (Å²) < 4.78 is 56.9. The molecule has 15 heteroatoms. The second-order valence-corrected chi connectivity index (χ2v) is 15.5. The van der Waals surface area contributed by atoms with Crippen molar-refractivity contribution in [2.24, 2.45) is 13.0 Å². The van der Waals surface area contributed by atoms with E-state index >= 15 is 0 Å². The van der Waals surface area contributed by atoms with Crippen LogP contribution < -0.4 is 10.4 Å². The van der Waals surface area contributed by atoms with Gasteiger partial charge in [-0.3, -0.25) is 33.4 Å². The number of piperazine rings is 1. The van der Waals surface area contributed by atoms with Gasteiger partial charge < -0.3 is 14.4 Å². The van der Waals surface area contributed by atoms with Gasteiger partial charge in [-0.1, -0.05) is 18.2 Å². The number of methoxy groups -OCH3 is 1. The van der Waals surface area contributed by atoms with E-state index in [1.165, 1.54) is 14.0 Å². The lowest BCUT2D eigenvalue weighted by Gasteiger charge is -2.44. The second-order valence-electron chi connectivity index (χ2n) is 15.5. The Morgan fingerprint density at radius 1 is 0.868 bits per heavy atom. The molecular weight excluding hydrogens is 693 g/mol. The number of piperidine rings is 2. The molecule has 53 heavy (non-hydrogen) atoms. The fraction of sp³-hybridized carbons (Fsp3) is 0.579. The van der Waals surface area contributed by atoms with Crippen LogP contribution in [0.1, 0.15) is 63.6 Å². The zero-order valence-corrected chi connectivity index (χ0v) is 31.0. The number of fused-ring (bicyclic) bond motifs is 1. The lowest BCUT2D eigenvalue weighted by molar-refractivity contribution is -0.199. The number of aromatic nitrogens is 2. The van der Waals surface area contributed by atoms with Crippen molar-refractivity contribution in [1.29, 1.82) is 0 Å². The molecule has 3 aliphatic rings. The Morgan fingerprint density at radius 2 is 1.55 bits per heavy atom. The molecule has 0 aliphatic carbocycles. The van der Waals surface area contributed by atoms with Crippen molar-refractivity contribution in [3.8, 4) is 5.75 Å². The first kappa shape index (κ1) is 38.4. The van der Waals surface area contributed by atoms with Crippen LogP contribution in [-0.2, 0) is 34.5 Å². The van der Waals surface area contributed by atoms with Gasteiger partial charge >= 0.3 is 18.0 Å². The summed E-state index contributed by atoms with van der Waals surface area (Å²) in [6.45, 7) is 7.47. The Morgan fingerprint density at radius 3 is 2.19 bits per heavy atom. The van der Waals surface area contributed by atoms with Gasteiger partial charge in [-0.15, -0.1) is 0 Å². The Labute approximate surface area is 307 Å². The van der Waals surface area contributed by atoms with Crippen LogP contribution in [0.5, 0.6) is 5.75 Å². The first-order chi connectivity index (χ1) is 25.0. The van der Waals surface area contributed by atoms with Crippen molar-refractivity contribution in [2.75, 3.05) is 46.4 Å². The summed E-state index contributed by atoms with van der Waals surface area (Å²) in [5, 5.41) is 0. The number of aryl methyl sites for hydroxylation is 1. The average Bonchev–Trinajstić information content (AvgIpc) is 3.35. The molecule has 0 N–H and O–H groups in total. The molecule has 0 radical (unpaired) electrons. The first-order valence-electron chi connectivity index (χ1n) is 18.2.